The van der Waals surface area contributed by atoms with Crippen LogP contribution in [-0.2, 0) is 16.6 Å². The van der Waals surface area contributed by atoms with Crippen LogP contribution < -0.4 is 4.57 Å². The Labute approximate surface area is 155 Å². The second kappa shape index (κ2) is 13.3. The highest BCUT2D eigenvalue weighted by atomic mass is 32.1. The van der Waals surface area contributed by atoms with Gasteiger partial charge in [-0.05, 0) is 25.1 Å². The lowest BCUT2D eigenvalue weighted by Crippen LogP contribution is -2.28. The third kappa shape index (κ3) is 7.16. The quantitative estimate of drug-likeness (QED) is 0.559. The molecule has 0 aliphatic heterocycles. The van der Waals surface area contributed by atoms with Gasteiger partial charge in [0.15, 0.2) is 0 Å². The number of nitrogens with zero attached hydrogens (tertiary/aromatic N) is 1. The van der Waals surface area contributed by atoms with Crippen LogP contribution in [0, 0.1) is 6.92 Å². The SMILES string of the molecule is C=O.CCC.COC.Cc1cccc(-c2sc3ccccc3[n+]2C)c1. The number of aromatic nitrogens is 1. The highest BCUT2D eigenvalue weighted by Crippen LogP contribution is 2.28. The third-order valence-corrected chi connectivity index (χ3v) is 4.27. The number of benzene rings is 2. The van der Waals surface area contributed by atoms with Crippen LogP contribution in [0.25, 0.3) is 20.8 Å². The highest BCUT2D eigenvalue weighted by Gasteiger charge is 2.17. The van der Waals surface area contributed by atoms with Crippen molar-refractivity contribution in [3.63, 3.8) is 0 Å². The molecule has 1 aromatic heterocycles. The minimum absolute atomic E-state index is 1.25. The van der Waals surface area contributed by atoms with Gasteiger partial charge in [-0.25, -0.2) is 0 Å². The molecule has 0 saturated carbocycles. The Bertz CT molecular complexity index is 736. The largest absolute Gasteiger partial charge is 0.388 e. The summed E-state index contributed by atoms with van der Waals surface area (Å²) in [5.74, 6) is 0. The Morgan fingerprint density at radius 2 is 1.60 bits per heavy atom. The molecule has 0 radical (unpaired) electrons. The molecule has 1 heterocycles. The maximum Gasteiger partial charge on any atom is 0.269 e. The number of carbonyl (C=O) groups excluding carboxylic acids is 1. The second-order valence-electron chi connectivity index (χ2n) is 5.42. The molecule has 0 aliphatic rings. The first-order chi connectivity index (χ1) is 12.1. The maximum absolute atomic E-state index is 8.00. The Kier molecular flexibility index (Phi) is 12.2. The lowest BCUT2D eigenvalue weighted by molar-refractivity contribution is -0.629. The van der Waals surface area contributed by atoms with E-state index in [1.807, 2.05) is 18.1 Å². The molecule has 3 rings (SSSR count). The van der Waals surface area contributed by atoms with E-state index in [4.69, 9.17) is 4.79 Å². The first-order valence-corrected chi connectivity index (χ1v) is 9.04. The summed E-state index contributed by atoms with van der Waals surface area (Å²) in [6, 6.07) is 17.2. The van der Waals surface area contributed by atoms with Crippen LogP contribution in [0.15, 0.2) is 48.5 Å². The van der Waals surface area contributed by atoms with Crippen molar-refractivity contribution in [3.8, 4) is 10.6 Å². The van der Waals surface area contributed by atoms with Gasteiger partial charge in [-0.15, -0.1) is 0 Å². The van der Waals surface area contributed by atoms with Crippen LogP contribution in [0.2, 0.25) is 0 Å². The number of hydrogen-bond donors (Lipinski definition) is 0. The Morgan fingerprint density at radius 1 is 1.04 bits per heavy atom. The van der Waals surface area contributed by atoms with E-state index >= 15 is 0 Å². The van der Waals surface area contributed by atoms with Crippen molar-refractivity contribution >= 4 is 28.3 Å². The summed E-state index contributed by atoms with van der Waals surface area (Å²) in [5.41, 5.74) is 3.91. The van der Waals surface area contributed by atoms with E-state index in [1.54, 1.807) is 14.2 Å². The lowest BCUT2D eigenvalue weighted by atomic mass is 10.1. The fraction of sp³-hybridized carbons (Fsp3) is 0.333. The van der Waals surface area contributed by atoms with E-state index in [-0.39, 0.29) is 0 Å². The number of ether oxygens (including phenoxy) is 1. The van der Waals surface area contributed by atoms with Gasteiger partial charge in [0, 0.05) is 20.3 Å². The second-order valence-corrected chi connectivity index (χ2v) is 6.45. The van der Waals surface area contributed by atoms with Crippen LogP contribution in [-0.4, -0.2) is 21.0 Å². The van der Waals surface area contributed by atoms with E-state index in [2.05, 4.69) is 85.7 Å². The van der Waals surface area contributed by atoms with E-state index < -0.39 is 0 Å². The summed E-state index contributed by atoms with van der Waals surface area (Å²) >= 11 is 1.85. The van der Waals surface area contributed by atoms with Gasteiger partial charge >= 0.3 is 0 Å². The predicted octanol–water partition coefficient (Wildman–Crippen LogP) is 5.20. The van der Waals surface area contributed by atoms with Crippen LogP contribution in [0.4, 0.5) is 0 Å². The molecule has 0 aliphatic carbocycles. The number of thiazole rings is 1. The Hall–Kier alpha value is -2.04. The first-order valence-electron chi connectivity index (χ1n) is 8.22. The van der Waals surface area contributed by atoms with Crippen molar-refractivity contribution in [2.45, 2.75) is 27.2 Å². The monoisotopic (exact) mass is 360 g/mol. The topological polar surface area (TPSA) is 30.2 Å². The Morgan fingerprint density at radius 3 is 2.12 bits per heavy atom. The molecular weight excluding hydrogens is 330 g/mol. The molecule has 0 bridgehead atoms. The number of fused-ring (bicyclic) bond motifs is 1. The highest BCUT2D eigenvalue weighted by molar-refractivity contribution is 7.21. The predicted molar refractivity (Wildman–Crippen MR) is 109 cm³/mol. The normalized spacial score (nSPS) is 9.04. The van der Waals surface area contributed by atoms with Crippen LogP contribution in [0.1, 0.15) is 25.8 Å². The maximum atomic E-state index is 8.00. The van der Waals surface area contributed by atoms with Gasteiger partial charge in [0.1, 0.15) is 18.5 Å². The average Bonchev–Trinajstić information content (AvgIpc) is 2.95. The van der Waals surface area contributed by atoms with Gasteiger partial charge in [-0.2, -0.15) is 4.57 Å². The first kappa shape index (κ1) is 23.0. The number of rotatable bonds is 1. The fourth-order valence-electron chi connectivity index (χ4n) is 2.13. The Balaban J connectivity index is 0.000000624. The minimum Gasteiger partial charge on any atom is -0.388 e. The standard InChI is InChI=1S/C15H14NS.C3H8.C2H6O.CH2O/c1-11-6-5-7-12(10-11)15-16(2)13-8-3-4-9-14(13)17-15;2*1-3-2;1-2/h3-10H,1-2H3;3H2,1-2H3;1-2H3;1H2/q+1;;;. The van der Waals surface area contributed by atoms with Crippen LogP contribution in [0.3, 0.4) is 0 Å². The zero-order valence-corrected chi connectivity index (χ0v) is 17.0. The molecule has 0 saturated heterocycles. The molecule has 0 spiro atoms. The molecule has 3 aromatic rings. The van der Waals surface area contributed by atoms with Gasteiger partial charge in [-0.1, -0.05) is 61.4 Å². The molecule has 3 nitrogen and oxygen atoms in total. The zero-order chi connectivity index (χ0) is 19.2. The summed E-state index contributed by atoms with van der Waals surface area (Å²) in [4.78, 5) is 8.00. The van der Waals surface area contributed by atoms with Crippen molar-refractivity contribution < 1.29 is 14.1 Å². The van der Waals surface area contributed by atoms with Crippen molar-refractivity contribution in [1.82, 2.24) is 0 Å². The minimum atomic E-state index is 1.25. The number of hydrogen-bond acceptors (Lipinski definition) is 3. The number of carbonyl (C=O) groups is 1. The van der Waals surface area contributed by atoms with Gasteiger partial charge < -0.3 is 9.53 Å². The lowest BCUT2D eigenvalue weighted by Gasteiger charge is -1.96. The summed E-state index contributed by atoms with van der Waals surface area (Å²) in [7, 11) is 5.39. The molecule has 0 fully saturated rings. The molecule has 0 unspecified atom stereocenters. The molecule has 0 atom stereocenters. The van der Waals surface area contributed by atoms with E-state index in [1.165, 1.54) is 32.8 Å². The fourth-order valence-corrected chi connectivity index (χ4v) is 3.28. The van der Waals surface area contributed by atoms with Crippen LogP contribution >= 0.6 is 11.3 Å². The summed E-state index contributed by atoms with van der Waals surface area (Å²) in [5, 5.41) is 1.31. The van der Waals surface area contributed by atoms with Crippen LogP contribution in [0.5, 0.6) is 0 Å². The number of para-hydroxylation sites is 1. The van der Waals surface area contributed by atoms with Crippen molar-refractivity contribution in [3.05, 3.63) is 54.1 Å². The summed E-state index contributed by atoms with van der Waals surface area (Å²) in [6.45, 7) is 8.39. The van der Waals surface area contributed by atoms with Crippen molar-refractivity contribution in [2.75, 3.05) is 14.2 Å². The van der Waals surface area contributed by atoms with E-state index in [9.17, 15) is 0 Å². The van der Waals surface area contributed by atoms with E-state index in [0.29, 0.717) is 0 Å². The number of aryl methyl sites for hydroxylation is 2. The van der Waals surface area contributed by atoms with Gasteiger partial charge in [-0.3, -0.25) is 0 Å². The van der Waals surface area contributed by atoms with Crippen molar-refractivity contribution in [1.29, 1.82) is 0 Å². The summed E-state index contributed by atoms with van der Waals surface area (Å²) in [6.07, 6.45) is 1.25. The molecule has 0 amide bonds. The van der Waals surface area contributed by atoms with Gasteiger partial charge in [0.25, 0.3) is 5.01 Å². The van der Waals surface area contributed by atoms with Gasteiger partial charge in [0.05, 0.1) is 5.56 Å². The molecule has 0 N–H and O–H groups in total. The summed E-state index contributed by atoms with van der Waals surface area (Å²) < 4.78 is 7.86. The molecular formula is C21H30NO2S+. The smallest absolute Gasteiger partial charge is 0.269 e. The molecule has 2 aromatic carbocycles. The third-order valence-electron chi connectivity index (χ3n) is 3.00. The van der Waals surface area contributed by atoms with Gasteiger partial charge in [0.2, 0.25) is 5.52 Å². The number of methoxy groups -OCH3 is 1. The average molecular weight is 361 g/mol. The molecule has 25 heavy (non-hydrogen) atoms. The zero-order valence-electron chi connectivity index (χ0n) is 16.2. The molecule has 4 heteroatoms. The van der Waals surface area contributed by atoms with Crippen molar-refractivity contribution in [2.24, 2.45) is 7.05 Å². The molecule has 136 valence electrons. The van der Waals surface area contributed by atoms with E-state index in [0.717, 1.165) is 0 Å².